The molecule has 0 unspecified atom stereocenters. The number of fused-ring (bicyclic) bond motifs is 1. The van der Waals surface area contributed by atoms with Crippen LogP contribution in [0.3, 0.4) is 0 Å². The molecule has 5 rings (SSSR count). The van der Waals surface area contributed by atoms with Crippen LogP contribution in [0.1, 0.15) is 63.4 Å². The first-order chi connectivity index (χ1) is 19.3. The second-order valence-corrected chi connectivity index (χ2v) is 13.3. The molecule has 212 valence electrons. The molecule has 0 atom stereocenters. The van der Waals surface area contributed by atoms with Gasteiger partial charge in [0.25, 0.3) is 11.8 Å². The summed E-state index contributed by atoms with van der Waals surface area (Å²) in [4.78, 5) is 32.5. The molecule has 10 heteroatoms. The Kier molecular flexibility index (Phi) is 8.70. The third-order valence-corrected chi connectivity index (χ3v) is 10.9. The average Bonchev–Trinajstić information content (AvgIpc) is 3.62. The number of benzene rings is 2. The number of hydrogen-bond acceptors (Lipinski definition) is 6. The molecular weight excluding hydrogens is 544 g/mol. The van der Waals surface area contributed by atoms with Crippen molar-refractivity contribution in [2.45, 2.75) is 51.1 Å². The summed E-state index contributed by atoms with van der Waals surface area (Å²) in [6.45, 7) is 8.22. The fourth-order valence-corrected chi connectivity index (χ4v) is 8.23. The van der Waals surface area contributed by atoms with Crippen LogP contribution >= 0.6 is 11.3 Å². The van der Waals surface area contributed by atoms with Gasteiger partial charge in [-0.3, -0.25) is 14.5 Å². The van der Waals surface area contributed by atoms with E-state index in [-0.39, 0.29) is 16.7 Å². The number of nitrogens with zero attached hydrogens (tertiary/aromatic N) is 3. The lowest BCUT2D eigenvalue weighted by atomic mass is 10.0. The minimum atomic E-state index is -3.61. The van der Waals surface area contributed by atoms with Gasteiger partial charge >= 0.3 is 0 Å². The smallest absolute Gasteiger partial charge is 0.257 e. The molecule has 0 saturated carbocycles. The summed E-state index contributed by atoms with van der Waals surface area (Å²) < 4.78 is 27.1. The molecule has 3 heterocycles. The number of carbonyl (C=O) groups excluding carboxylic acids is 2. The summed E-state index contributed by atoms with van der Waals surface area (Å²) in [5.74, 6) is -0.371. The molecule has 0 bridgehead atoms. The molecule has 8 nitrogen and oxygen atoms in total. The van der Waals surface area contributed by atoms with Crippen LogP contribution in [0.2, 0.25) is 0 Å². The van der Waals surface area contributed by atoms with Gasteiger partial charge in [-0.1, -0.05) is 44.2 Å². The zero-order valence-corrected chi connectivity index (χ0v) is 24.7. The van der Waals surface area contributed by atoms with Crippen LogP contribution in [0.5, 0.6) is 0 Å². The van der Waals surface area contributed by atoms with Gasteiger partial charge in [0, 0.05) is 56.3 Å². The van der Waals surface area contributed by atoms with Crippen LogP contribution in [-0.4, -0.2) is 67.1 Å². The van der Waals surface area contributed by atoms with E-state index >= 15 is 0 Å². The fourth-order valence-electron chi connectivity index (χ4n) is 5.49. The zero-order valence-electron chi connectivity index (χ0n) is 23.1. The van der Waals surface area contributed by atoms with Gasteiger partial charge in [0.05, 0.1) is 10.5 Å². The number of hydrogen-bond donors (Lipinski definition) is 1. The van der Waals surface area contributed by atoms with Crippen LogP contribution in [0.4, 0.5) is 5.00 Å². The lowest BCUT2D eigenvalue weighted by molar-refractivity contribution is 0.0792. The molecule has 2 aliphatic rings. The number of thiophene rings is 1. The number of likely N-dealkylation sites (tertiary alicyclic amines) is 1. The summed E-state index contributed by atoms with van der Waals surface area (Å²) in [7, 11) is -3.61. The van der Waals surface area contributed by atoms with Gasteiger partial charge in [-0.15, -0.1) is 11.3 Å². The van der Waals surface area contributed by atoms with Crippen molar-refractivity contribution in [2.75, 3.05) is 38.0 Å². The van der Waals surface area contributed by atoms with E-state index in [0.29, 0.717) is 29.2 Å². The van der Waals surface area contributed by atoms with Gasteiger partial charge in [0.1, 0.15) is 5.00 Å². The third kappa shape index (κ3) is 5.85. The molecular formula is C30H36N4O4S2. The molecule has 1 aromatic heterocycles. The summed E-state index contributed by atoms with van der Waals surface area (Å²) in [6, 6.07) is 16.3. The third-order valence-electron chi connectivity index (χ3n) is 7.68. The summed E-state index contributed by atoms with van der Waals surface area (Å²) in [5.41, 5.74) is 3.25. The van der Waals surface area contributed by atoms with E-state index in [1.54, 1.807) is 13.8 Å². The Bertz CT molecular complexity index is 1460. The molecule has 0 aliphatic carbocycles. The molecule has 0 radical (unpaired) electrons. The van der Waals surface area contributed by atoms with Crippen molar-refractivity contribution in [3.05, 3.63) is 81.7 Å². The first-order valence-electron chi connectivity index (χ1n) is 13.9. The van der Waals surface area contributed by atoms with Gasteiger partial charge in [0.15, 0.2) is 0 Å². The summed E-state index contributed by atoms with van der Waals surface area (Å²) >= 11 is 1.48. The van der Waals surface area contributed by atoms with Gasteiger partial charge < -0.3 is 10.2 Å². The van der Waals surface area contributed by atoms with Gasteiger partial charge in [0.2, 0.25) is 10.0 Å². The molecule has 1 fully saturated rings. The van der Waals surface area contributed by atoms with Gasteiger partial charge in [-0.25, -0.2) is 8.42 Å². The Morgan fingerprint density at radius 1 is 0.950 bits per heavy atom. The standard InChI is InChI=1S/C30H36N4O4S2/c1-3-34(4-2)40(37,38)24-14-12-23(13-15-24)28(35)31-29-27(30(36)33-17-8-9-18-33)25-16-19-32(21-26(25)39-29)20-22-10-6-5-7-11-22/h5-7,10-15H,3-4,8-9,16-21H2,1-2H3,(H,31,35). The van der Waals surface area contributed by atoms with Crippen molar-refractivity contribution in [3.8, 4) is 0 Å². The lowest BCUT2D eigenvalue weighted by Crippen LogP contribution is -2.32. The maximum Gasteiger partial charge on any atom is 0.257 e. The maximum absolute atomic E-state index is 13.7. The van der Waals surface area contributed by atoms with Crippen LogP contribution < -0.4 is 5.32 Å². The van der Waals surface area contributed by atoms with Crippen molar-refractivity contribution in [1.29, 1.82) is 0 Å². The summed E-state index contributed by atoms with van der Waals surface area (Å²) in [6.07, 6.45) is 2.74. The van der Waals surface area contributed by atoms with Crippen molar-refractivity contribution in [1.82, 2.24) is 14.1 Å². The normalized spacial score (nSPS) is 15.8. The molecule has 2 aromatic carbocycles. The molecule has 2 amide bonds. The van der Waals surface area contributed by atoms with E-state index in [0.717, 1.165) is 62.4 Å². The Morgan fingerprint density at radius 2 is 1.62 bits per heavy atom. The van der Waals surface area contributed by atoms with Crippen molar-refractivity contribution >= 4 is 38.2 Å². The number of amides is 2. The molecule has 1 N–H and O–H groups in total. The number of sulfonamides is 1. The number of rotatable bonds is 9. The Morgan fingerprint density at radius 3 is 2.27 bits per heavy atom. The fraction of sp³-hybridized carbons (Fsp3) is 0.400. The molecule has 0 spiro atoms. The predicted molar refractivity (Wildman–Crippen MR) is 158 cm³/mol. The molecule has 40 heavy (non-hydrogen) atoms. The van der Waals surface area contributed by atoms with Crippen LogP contribution in [0.25, 0.3) is 0 Å². The van der Waals surface area contributed by atoms with E-state index in [1.165, 1.54) is 45.5 Å². The van der Waals surface area contributed by atoms with Crippen LogP contribution in [-0.2, 0) is 29.5 Å². The van der Waals surface area contributed by atoms with Crippen molar-refractivity contribution in [3.63, 3.8) is 0 Å². The van der Waals surface area contributed by atoms with E-state index in [9.17, 15) is 18.0 Å². The minimum absolute atomic E-state index is 0.0116. The van der Waals surface area contributed by atoms with E-state index in [1.807, 2.05) is 23.1 Å². The highest BCUT2D eigenvalue weighted by molar-refractivity contribution is 7.89. The summed E-state index contributed by atoms with van der Waals surface area (Å²) in [5, 5.41) is 3.59. The van der Waals surface area contributed by atoms with E-state index in [4.69, 9.17) is 0 Å². The highest BCUT2D eigenvalue weighted by atomic mass is 32.2. The van der Waals surface area contributed by atoms with E-state index in [2.05, 4.69) is 22.3 Å². The predicted octanol–water partition coefficient (Wildman–Crippen LogP) is 4.83. The van der Waals surface area contributed by atoms with Crippen molar-refractivity contribution < 1.29 is 18.0 Å². The Labute approximate surface area is 240 Å². The minimum Gasteiger partial charge on any atom is -0.339 e. The quantitative estimate of drug-likeness (QED) is 0.392. The largest absolute Gasteiger partial charge is 0.339 e. The highest BCUT2D eigenvalue weighted by Gasteiger charge is 2.32. The van der Waals surface area contributed by atoms with Gasteiger partial charge in [-0.05, 0) is 54.7 Å². The molecule has 3 aromatic rings. The molecule has 2 aliphatic heterocycles. The second-order valence-electron chi connectivity index (χ2n) is 10.2. The highest BCUT2D eigenvalue weighted by Crippen LogP contribution is 2.39. The Balaban J connectivity index is 1.39. The van der Waals surface area contributed by atoms with Gasteiger partial charge in [-0.2, -0.15) is 4.31 Å². The monoisotopic (exact) mass is 580 g/mol. The Hall–Kier alpha value is -3.05. The first kappa shape index (κ1) is 28.5. The number of carbonyl (C=O) groups is 2. The average molecular weight is 581 g/mol. The topological polar surface area (TPSA) is 90.0 Å². The van der Waals surface area contributed by atoms with Crippen molar-refractivity contribution in [2.24, 2.45) is 0 Å². The number of anilines is 1. The molecule has 1 saturated heterocycles. The lowest BCUT2D eigenvalue weighted by Gasteiger charge is -2.27. The zero-order chi connectivity index (χ0) is 28.3. The van der Waals surface area contributed by atoms with Crippen LogP contribution in [0.15, 0.2) is 59.5 Å². The SMILES string of the molecule is CCN(CC)S(=O)(=O)c1ccc(C(=O)Nc2sc3c(c2C(=O)N2CCCC2)CCN(Cc2ccccc2)C3)cc1. The van der Waals surface area contributed by atoms with Crippen LogP contribution in [0, 0.1) is 0 Å². The number of nitrogens with one attached hydrogen (secondary N) is 1. The second kappa shape index (κ2) is 12.2. The van der Waals surface area contributed by atoms with E-state index < -0.39 is 10.0 Å². The maximum atomic E-state index is 13.7. The first-order valence-corrected chi connectivity index (χ1v) is 16.2.